The number of pyridine rings is 2. The number of likely N-dealkylation sites (tertiary alicyclic amines) is 1. The third-order valence-electron chi connectivity index (χ3n) is 5.96. The molecule has 3 aromatic rings. The topological polar surface area (TPSA) is 58.1 Å². The lowest BCUT2D eigenvalue weighted by molar-refractivity contribution is -0.134. The summed E-state index contributed by atoms with van der Waals surface area (Å²) < 4.78 is 0. The Morgan fingerprint density at radius 2 is 1.93 bits per heavy atom. The molecule has 0 unspecified atom stereocenters. The van der Waals surface area contributed by atoms with Crippen molar-refractivity contribution in [2.75, 3.05) is 20.1 Å². The van der Waals surface area contributed by atoms with Gasteiger partial charge in [-0.3, -0.25) is 19.7 Å². The van der Waals surface area contributed by atoms with Crippen LogP contribution in [0.4, 0.5) is 0 Å². The quantitative estimate of drug-likeness (QED) is 0.685. The normalized spacial score (nSPS) is 19.4. The first-order valence-electron chi connectivity index (χ1n) is 10.5. The lowest BCUT2D eigenvalue weighted by atomic mass is 9.74. The van der Waals surface area contributed by atoms with E-state index in [1.807, 2.05) is 48.9 Å². The standard InChI is InChI=1S/C25H28N4O/c1-26-24(30)25(11-5-15-29(19-25)18-23-8-2-3-12-28-23)17-20-6-4-7-22(16-20)21-9-13-27-14-10-21/h2-4,6-10,12-14,16H,5,11,15,17-19H2,1H3,(H,26,30)/t25-/m1/s1. The van der Waals surface area contributed by atoms with Crippen molar-refractivity contribution in [2.45, 2.75) is 25.8 Å². The number of hydrogen-bond donors (Lipinski definition) is 1. The van der Waals surface area contributed by atoms with Crippen LogP contribution in [0.3, 0.4) is 0 Å². The van der Waals surface area contributed by atoms with Crippen molar-refractivity contribution in [3.63, 3.8) is 0 Å². The molecule has 2 aromatic heterocycles. The zero-order valence-electron chi connectivity index (χ0n) is 17.4. The Morgan fingerprint density at radius 1 is 1.07 bits per heavy atom. The third kappa shape index (κ3) is 4.57. The molecule has 0 spiro atoms. The number of aromatic nitrogens is 2. The summed E-state index contributed by atoms with van der Waals surface area (Å²) in [6.45, 7) is 2.51. The summed E-state index contributed by atoms with van der Waals surface area (Å²) in [6, 6.07) is 18.6. The van der Waals surface area contributed by atoms with Gasteiger partial charge in [-0.1, -0.05) is 30.3 Å². The van der Waals surface area contributed by atoms with Crippen LogP contribution >= 0.6 is 0 Å². The van der Waals surface area contributed by atoms with Crippen LogP contribution in [-0.4, -0.2) is 40.9 Å². The molecule has 1 amide bonds. The molecule has 1 aromatic carbocycles. The summed E-state index contributed by atoms with van der Waals surface area (Å²) in [6.07, 6.45) is 8.07. The van der Waals surface area contributed by atoms with Crippen LogP contribution in [0.1, 0.15) is 24.1 Å². The largest absolute Gasteiger partial charge is 0.359 e. The Kier molecular flexibility index (Phi) is 6.19. The molecule has 1 aliphatic rings. The van der Waals surface area contributed by atoms with Gasteiger partial charge < -0.3 is 5.32 Å². The van der Waals surface area contributed by atoms with Crippen LogP contribution in [0.5, 0.6) is 0 Å². The molecular formula is C25H28N4O. The maximum atomic E-state index is 13.1. The van der Waals surface area contributed by atoms with E-state index in [4.69, 9.17) is 0 Å². The van der Waals surface area contributed by atoms with E-state index >= 15 is 0 Å². The van der Waals surface area contributed by atoms with Gasteiger partial charge in [0.15, 0.2) is 0 Å². The van der Waals surface area contributed by atoms with E-state index in [-0.39, 0.29) is 5.91 Å². The van der Waals surface area contributed by atoms with E-state index in [0.717, 1.165) is 55.7 Å². The molecule has 3 heterocycles. The van der Waals surface area contributed by atoms with E-state index < -0.39 is 5.41 Å². The summed E-state index contributed by atoms with van der Waals surface area (Å²) in [5, 5.41) is 2.94. The number of carbonyl (C=O) groups is 1. The van der Waals surface area contributed by atoms with Gasteiger partial charge in [0, 0.05) is 38.7 Å². The minimum Gasteiger partial charge on any atom is -0.359 e. The number of carbonyl (C=O) groups excluding carboxylic acids is 1. The second-order valence-corrected chi connectivity index (χ2v) is 8.11. The Morgan fingerprint density at radius 3 is 2.70 bits per heavy atom. The molecule has 154 valence electrons. The van der Waals surface area contributed by atoms with Gasteiger partial charge in [0.25, 0.3) is 0 Å². The minimum absolute atomic E-state index is 0.127. The summed E-state index contributed by atoms with van der Waals surface area (Å²) >= 11 is 0. The highest BCUT2D eigenvalue weighted by atomic mass is 16.2. The first kappa shape index (κ1) is 20.2. The van der Waals surface area contributed by atoms with Gasteiger partial charge in [-0.15, -0.1) is 0 Å². The molecule has 1 atom stereocenters. The molecule has 1 aliphatic heterocycles. The zero-order chi connectivity index (χ0) is 20.8. The first-order valence-corrected chi connectivity index (χ1v) is 10.5. The maximum absolute atomic E-state index is 13.1. The van der Waals surface area contributed by atoms with Crippen molar-refractivity contribution >= 4 is 5.91 Å². The Bertz CT molecular complexity index is 977. The van der Waals surface area contributed by atoms with Gasteiger partial charge in [0.1, 0.15) is 0 Å². The van der Waals surface area contributed by atoms with E-state index in [1.165, 1.54) is 5.56 Å². The number of nitrogens with zero attached hydrogens (tertiary/aromatic N) is 3. The average molecular weight is 401 g/mol. The third-order valence-corrected chi connectivity index (χ3v) is 5.96. The molecule has 0 aliphatic carbocycles. The SMILES string of the molecule is CNC(=O)[C@@]1(Cc2cccc(-c3ccncc3)c2)CCCN(Cc2ccccn2)C1. The van der Waals surface area contributed by atoms with E-state index in [2.05, 4.69) is 44.5 Å². The molecular weight excluding hydrogens is 372 g/mol. The molecule has 0 saturated carbocycles. The van der Waals surface area contributed by atoms with Gasteiger partial charge in [-0.05, 0) is 66.8 Å². The fraction of sp³-hybridized carbons (Fsp3) is 0.320. The molecule has 5 heteroatoms. The smallest absolute Gasteiger partial charge is 0.227 e. The van der Waals surface area contributed by atoms with Crippen LogP contribution in [-0.2, 0) is 17.8 Å². The zero-order valence-corrected chi connectivity index (χ0v) is 17.4. The highest BCUT2D eigenvalue weighted by Gasteiger charge is 2.41. The molecule has 4 rings (SSSR count). The maximum Gasteiger partial charge on any atom is 0.227 e. The summed E-state index contributed by atoms with van der Waals surface area (Å²) in [5.41, 5.74) is 4.10. The van der Waals surface area contributed by atoms with Crippen molar-refractivity contribution in [2.24, 2.45) is 5.41 Å². The predicted octanol–water partition coefficient (Wildman–Crippen LogP) is 3.71. The van der Waals surface area contributed by atoms with Gasteiger partial charge in [-0.2, -0.15) is 0 Å². The highest BCUT2D eigenvalue weighted by molar-refractivity contribution is 5.83. The van der Waals surface area contributed by atoms with Crippen molar-refractivity contribution < 1.29 is 4.79 Å². The Hall–Kier alpha value is -3.05. The van der Waals surface area contributed by atoms with Crippen LogP contribution in [0, 0.1) is 5.41 Å². The van der Waals surface area contributed by atoms with Gasteiger partial charge in [0.2, 0.25) is 5.91 Å². The van der Waals surface area contributed by atoms with E-state index in [1.54, 1.807) is 7.05 Å². The summed E-state index contributed by atoms with van der Waals surface area (Å²) in [5.74, 6) is 0.127. The van der Waals surface area contributed by atoms with Crippen LogP contribution in [0.2, 0.25) is 0 Å². The van der Waals surface area contributed by atoms with Gasteiger partial charge in [-0.25, -0.2) is 0 Å². The minimum atomic E-state index is -0.432. The first-order chi connectivity index (χ1) is 14.7. The molecule has 0 bridgehead atoms. The van der Waals surface area contributed by atoms with E-state index in [9.17, 15) is 4.79 Å². The monoisotopic (exact) mass is 400 g/mol. The van der Waals surface area contributed by atoms with Crippen molar-refractivity contribution in [3.8, 4) is 11.1 Å². The molecule has 30 heavy (non-hydrogen) atoms. The highest BCUT2D eigenvalue weighted by Crippen LogP contribution is 2.35. The second-order valence-electron chi connectivity index (χ2n) is 8.11. The lowest BCUT2D eigenvalue weighted by Gasteiger charge is -2.41. The van der Waals surface area contributed by atoms with Gasteiger partial charge >= 0.3 is 0 Å². The molecule has 1 N–H and O–H groups in total. The molecule has 0 radical (unpaired) electrons. The summed E-state index contributed by atoms with van der Waals surface area (Å²) in [4.78, 5) is 24.0. The van der Waals surface area contributed by atoms with Crippen LogP contribution < -0.4 is 5.32 Å². The lowest BCUT2D eigenvalue weighted by Crippen LogP contribution is -2.52. The number of piperidine rings is 1. The average Bonchev–Trinajstić information content (AvgIpc) is 2.80. The molecule has 1 fully saturated rings. The molecule has 5 nitrogen and oxygen atoms in total. The fourth-order valence-electron chi connectivity index (χ4n) is 4.55. The number of hydrogen-bond acceptors (Lipinski definition) is 4. The fourth-order valence-corrected chi connectivity index (χ4v) is 4.55. The Balaban J connectivity index is 1.57. The van der Waals surface area contributed by atoms with Crippen molar-refractivity contribution in [3.05, 3.63) is 84.4 Å². The number of amides is 1. The van der Waals surface area contributed by atoms with Crippen molar-refractivity contribution in [1.29, 1.82) is 0 Å². The predicted molar refractivity (Wildman–Crippen MR) is 119 cm³/mol. The second kappa shape index (κ2) is 9.18. The van der Waals surface area contributed by atoms with Gasteiger partial charge in [0.05, 0.1) is 11.1 Å². The number of rotatable bonds is 6. The van der Waals surface area contributed by atoms with Crippen molar-refractivity contribution in [1.82, 2.24) is 20.2 Å². The number of nitrogens with one attached hydrogen (secondary N) is 1. The number of benzene rings is 1. The van der Waals surface area contributed by atoms with Crippen LogP contribution in [0.25, 0.3) is 11.1 Å². The van der Waals surface area contributed by atoms with Crippen LogP contribution in [0.15, 0.2) is 73.2 Å². The van der Waals surface area contributed by atoms with E-state index in [0.29, 0.717) is 0 Å². The Labute approximate surface area is 178 Å². The molecule has 1 saturated heterocycles. The summed E-state index contributed by atoms with van der Waals surface area (Å²) in [7, 11) is 1.75.